The molecule has 1 N–H and O–H groups in total. The summed E-state index contributed by atoms with van der Waals surface area (Å²) in [7, 11) is 0. The van der Waals surface area contributed by atoms with E-state index in [2.05, 4.69) is 10.3 Å². The quantitative estimate of drug-likeness (QED) is 0.817. The number of nitrogens with one attached hydrogen (secondary N) is 1. The lowest BCUT2D eigenvalue weighted by Crippen LogP contribution is -2.11. The normalized spacial score (nSPS) is 9.93. The number of amides is 1. The average Bonchev–Trinajstić information content (AvgIpc) is 2.74. The van der Waals surface area contributed by atoms with Gasteiger partial charge in [-0.15, -0.1) is 0 Å². The summed E-state index contributed by atoms with van der Waals surface area (Å²) in [6.07, 6.45) is 1.57. The van der Waals surface area contributed by atoms with Gasteiger partial charge in [0.25, 0.3) is 5.91 Å². The van der Waals surface area contributed by atoms with Gasteiger partial charge in [-0.3, -0.25) is 4.79 Å². The van der Waals surface area contributed by atoms with E-state index in [4.69, 9.17) is 11.6 Å². The molecule has 0 aliphatic carbocycles. The fourth-order valence-corrected chi connectivity index (χ4v) is 1.87. The number of aromatic nitrogens is 1. The van der Waals surface area contributed by atoms with Crippen LogP contribution < -0.4 is 5.32 Å². The Labute approximate surface area is 95.7 Å². The third kappa shape index (κ3) is 2.34. The molecular weight excluding hydrogens is 232 g/mol. The average molecular weight is 239 g/mol. The maximum absolute atomic E-state index is 11.6. The third-order valence-electron chi connectivity index (χ3n) is 1.79. The Bertz CT molecular complexity index is 470. The van der Waals surface area contributed by atoms with Crippen LogP contribution in [-0.4, -0.2) is 10.9 Å². The number of hydrogen-bond acceptors (Lipinski definition) is 3. The number of rotatable bonds is 2. The van der Waals surface area contributed by atoms with Gasteiger partial charge in [0.05, 0.1) is 11.3 Å². The summed E-state index contributed by atoms with van der Waals surface area (Å²) in [6, 6.07) is 5.18. The van der Waals surface area contributed by atoms with Gasteiger partial charge >= 0.3 is 0 Å². The minimum atomic E-state index is -0.175. The summed E-state index contributed by atoms with van der Waals surface area (Å²) in [5.41, 5.74) is 1.15. The van der Waals surface area contributed by atoms with E-state index < -0.39 is 0 Å². The van der Waals surface area contributed by atoms with Crippen molar-refractivity contribution >= 4 is 34.5 Å². The summed E-state index contributed by atoms with van der Waals surface area (Å²) in [6.45, 7) is 0. The van der Waals surface area contributed by atoms with E-state index in [1.165, 1.54) is 11.3 Å². The van der Waals surface area contributed by atoms with Gasteiger partial charge in [0.1, 0.15) is 0 Å². The number of nitrogens with zero attached hydrogens (tertiary/aromatic N) is 1. The van der Waals surface area contributed by atoms with Gasteiger partial charge in [-0.25, -0.2) is 4.98 Å². The predicted molar refractivity (Wildman–Crippen MR) is 61.5 cm³/mol. The maximum atomic E-state index is 11.6. The zero-order valence-corrected chi connectivity index (χ0v) is 9.18. The Kier molecular flexibility index (Phi) is 2.99. The molecule has 0 saturated heterocycles. The van der Waals surface area contributed by atoms with E-state index in [9.17, 15) is 4.79 Å². The highest BCUT2D eigenvalue weighted by Crippen LogP contribution is 2.18. The maximum Gasteiger partial charge on any atom is 0.256 e. The molecule has 0 unspecified atom stereocenters. The number of anilines is 1. The molecule has 2 rings (SSSR count). The highest BCUT2D eigenvalue weighted by Gasteiger charge is 2.08. The molecule has 15 heavy (non-hydrogen) atoms. The summed E-state index contributed by atoms with van der Waals surface area (Å²) in [5.74, 6) is -0.175. The minimum Gasteiger partial charge on any atom is -0.319 e. The summed E-state index contributed by atoms with van der Waals surface area (Å²) < 4.78 is 0. The first-order valence-electron chi connectivity index (χ1n) is 4.21. The molecule has 0 fully saturated rings. The van der Waals surface area contributed by atoms with E-state index >= 15 is 0 Å². The minimum absolute atomic E-state index is 0.175. The van der Waals surface area contributed by atoms with Gasteiger partial charge in [0.2, 0.25) is 0 Å². The first-order chi connectivity index (χ1) is 7.27. The van der Waals surface area contributed by atoms with E-state index in [0.29, 0.717) is 16.4 Å². The summed E-state index contributed by atoms with van der Waals surface area (Å²) >= 11 is 7.28. The fraction of sp³-hybridized carbons (Fsp3) is 0. The van der Waals surface area contributed by atoms with Crippen molar-refractivity contribution < 1.29 is 4.79 Å². The second kappa shape index (κ2) is 4.42. The SMILES string of the molecule is O=C(Nc1cccnc1Cl)c1ccsc1. The number of thiophene rings is 1. The molecule has 0 aliphatic rings. The topological polar surface area (TPSA) is 42.0 Å². The molecule has 76 valence electrons. The molecule has 2 heterocycles. The van der Waals surface area contributed by atoms with Crippen LogP contribution in [0.25, 0.3) is 0 Å². The van der Waals surface area contributed by atoms with Crippen molar-refractivity contribution in [3.05, 3.63) is 45.9 Å². The van der Waals surface area contributed by atoms with Crippen LogP contribution >= 0.6 is 22.9 Å². The number of pyridine rings is 1. The number of carbonyl (C=O) groups excluding carboxylic acids is 1. The fourth-order valence-electron chi connectivity index (χ4n) is 1.07. The summed E-state index contributed by atoms with van der Waals surface area (Å²) in [4.78, 5) is 15.5. The van der Waals surface area contributed by atoms with Crippen LogP contribution in [0.3, 0.4) is 0 Å². The standard InChI is InChI=1S/C10H7ClN2OS/c11-9-8(2-1-4-12-9)13-10(14)7-3-5-15-6-7/h1-6H,(H,13,14). The van der Waals surface area contributed by atoms with Gasteiger partial charge in [-0.1, -0.05) is 11.6 Å². The highest BCUT2D eigenvalue weighted by atomic mass is 35.5. The Morgan fingerprint density at radius 1 is 1.47 bits per heavy atom. The van der Waals surface area contributed by atoms with Gasteiger partial charge in [-0.05, 0) is 23.6 Å². The monoisotopic (exact) mass is 238 g/mol. The first kappa shape index (κ1) is 10.1. The van der Waals surface area contributed by atoms with Crippen molar-refractivity contribution in [2.45, 2.75) is 0 Å². The van der Waals surface area contributed by atoms with Crippen LogP contribution in [0.5, 0.6) is 0 Å². The molecule has 0 radical (unpaired) electrons. The van der Waals surface area contributed by atoms with Gasteiger partial charge in [0.15, 0.2) is 5.15 Å². The lowest BCUT2D eigenvalue weighted by atomic mass is 10.3. The van der Waals surface area contributed by atoms with Crippen molar-refractivity contribution in [1.29, 1.82) is 0 Å². The lowest BCUT2D eigenvalue weighted by Gasteiger charge is -2.04. The zero-order chi connectivity index (χ0) is 10.7. The predicted octanol–water partition coefficient (Wildman–Crippen LogP) is 3.05. The van der Waals surface area contributed by atoms with Crippen LogP contribution in [0.2, 0.25) is 5.15 Å². The van der Waals surface area contributed by atoms with Crippen LogP contribution in [0, 0.1) is 0 Å². The Hall–Kier alpha value is -1.39. The molecule has 0 aliphatic heterocycles. The molecule has 2 aromatic heterocycles. The van der Waals surface area contributed by atoms with Gasteiger partial charge in [-0.2, -0.15) is 11.3 Å². The lowest BCUT2D eigenvalue weighted by molar-refractivity contribution is 0.102. The largest absolute Gasteiger partial charge is 0.319 e. The zero-order valence-electron chi connectivity index (χ0n) is 7.61. The van der Waals surface area contributed by atoms with Crippen molar-refractivity contribution in [2.24, 2.45) is 0 Å². The molecule has 0 aromatic carbocycles. The van der Waals surface area contributed by atoms with Crippen LogP contribution in [0.15, 0.2) is 35.2 Å². The first-order valence-corrected chi connectivity index (χ1v) is 5.53. The Morgan fingerprint density at radius 3 is 3.00 bits per heavy atom. The van der Waals surface area contributed by atoms with Crippen LogP contribution in [0.1, 0.15) is 10.4 Å². The van der Waals surface area contributed by atoms with E-state index in [1.807, 2.05) is 5.38 Å². The molecule has 2 aromatic rings. The Balaban J connectivity index is 2.17. The smallest absolute Gasteiger partial charge is 0.256 e. The molecule has 1 amide bonds. The molecular formula is C10H7ClN2OS. The van der Waals surface area contributed by atoms with Crippen molar-refractivity contribution in [3.63, 3.8) is 0 Å². The number of hydrogen-bond donors (Lipinski definition) is 1. The molecule has 3 nitrogen and oxygen atoms in total. The number of halogens is 1. The van der Waals surface area contributed by atoms with Crippen molar-refractivity contribution in [3.8, 4) is 0 Å². The van der Waals surface area contributed by atoms with Gasteiger partial charge < -0.3 is 5.32 Å². The molecule has 0 atom stereocenters. The van der Waals surface area contributed by atoms with Crippen LogP contribution in [0.4, 0.5) is 5.69 Å². The second-order valence-electron chi connectivity index (χ2n) is 2.81. The van der Waals surface area contributed by atoms with E-state index in [1.54, 1.807) is 29.8 Å². The molecule has 0 saturated carbocycles. The van der Waals surface area contributed by atoms with Gasteiger partial charge in [0, 0.05) is 11.6 Å². The van der Waals surface area contributed by atoms with E-state index in [-0.39, 0.29) is 5.91 Å². The van der Waals surface area contributed by atoms with Crippen LogP contribution in [-0.2, 0) is 0 Å². The Morgan fingerprint density at radius 2 is 2.33 bits per heavy atom. The van der Waals surface area contributed by atoms with Crippen molar-refractivity contribution in [2.75, 3.05) is 5.32 Å². The molecule has 0 bridgehead atoms. The molecule has 0 spiro atoms. The highest BCUT2D eigenvalue weighted by molar-refractivity contribution is 7.08. The molecule has 5 heteroatoms. The third-order valence-corrected chi connectivity index (χ3v) is 2.78. The summed E-state index contributed by atoms with van der Waals surface area (Å²) in [5, 5.41) is 6.60. The second-order valence-corrected chi connectivity index (χ2v) is 3.95. The number of carbonyl (C=O) groups is 1. The van der Waals surface area contributed by atoms with Crippen molar-refractivity contribution in [1.82, 2.24) is 4.98 Å². The van der Waals surface area contributed by atoms with E-state index in [0.717, 1.165) is 0 Å².